The predicted molar refractivity (Wildman–Crippen MR) is 69.7 cm³/mol. The molecule has 96 valence electrons. The van der Waals surface area contributed by atoms with E-state index in [1.807, 2.05) is 0 Å². The molecule has 0 saturated carbocycles. The van der Waals surface area contributed by atoms with Crippen LogP contribution in [0.4, 0.5) is 0 Å². The van der Waals surface area contributed by atoms with Crippen molar-refractivity contribution in [2.75, 3.05) is 13.2 Å². The van der Waals surface area contributed by atoms with Gasteiger partial charge < -0.3 is 10.1 Å². The molecule has 2 heteroatoms. The van der Waals surface area contributed by atoms with Gasteiger partial charge in [-0.15, -0.1) is 0 Å². The first kappa shape index (κ1) is 14.0. The molecule has 0 aromatic carbocycles. The van der Waals surface area contributed by atoms with Crippen molar-refractivity contribution in [1.82, 2.24) is 5.32 Å². The van der Waals surface area contributed by atoms with Gasteiger partial charge in [-0.25, -0.2) is 0 Å². The summed E-state index contributed by atoms with van der Waals surface area (Å²) in [5, 5.41) is 3.61. The molecule has 0 spiro atoms. The first-order valence-electron chi connectivity index (χ1n) is 7.07. The molecule has 1 N–H and O–H groups in total. The van der Waals surface area contributed by atoms with Crippen molar-refractivity contribution in [3.63, 3.8) is 0 Å². The van der Waals surface area contributed by atoms with Crippen LogP contribution in [0.2, 0.25) is 0 Å². The highest BCUT2D eigenvalue weighted by molar-refractivity contribution is 4.74. The van der Waals surface area contributed by atoms with Crippen LogP contribution in [0.1, 0.15) is 59.3 Å². The lowest BCUT2D eigenvalue weighted by atomic mass is 9.96. The lowest BCUT2D eigenvalue weighted by Gasteiger charge is -2.27. The molecule has 1 aliphatic heterocycles. The highest BCUT2D eigenvalue weighted by atomic mass is 16.5. The van der Waals surface area contributed by atoms with Gasteiger partial charge in [0, 0.05) is 12.6 Å². The lowest BCUT2D eigenvalue weighted by molar-refractivity contribution is 0.00452. The van der Waals surface area contributed by atoms with E-state index in [4.69, 9.17) is 4.74 Å². The summed E-state index contributed by atoms with van der Waals surface area (Å²) in [4.78, 5) is 0. The fourth-order valence-corrected chi connectivity index (χ4v) is 2.44. The van der Waals surface area contributed by atoms with Gasteiger partial charge in [-0.05, 0) is 51.0 Å². The van der Waals surface area contributed by atoms with Gasteiger partial charge in [0.05, 0.1) is 6.10 Å². The molecule has 0 aromatic heterocycles. The molecule has 2 nitrogen and oxygen atoms in total. The van der Waals surface area contributed by atoms with Crippen molar-refractivity contribution in [3.05, 3.63) is 0 Å². The zero-order valence-electron chi connectivity index (χ0n) is 11.3. The third kappa shape index (κ3) is 5.86. The predicted octanol–water partition coefficient (Wildman–Crippen LogP) is 3.36. The minimum Gasteiger partial charge on any atom is -0.378 e. The Morgan fingerprint density at radius 1 is 1.25 bits per heavy atom. The van der Waals surface area contributed by atoms with Crippen LogP contribution >= 0.6 is 0 Å². The van der Waals surface area contributed by atoms with Crippen LogP contribution in [-0.2, 0) is 4.74 Å². The molecule has 1 heterocycles. The summed E-state index contributed by atoms with van der Waals surface area (Å²) in [6.07, 6.45) is 8.23. The fraction of sp³-hybridized carbons (Fsp3) is 1.00. The van der Waals surface area contributed by atoms with Gasteiger partial charge in [-0.2, -0.15) is 0 Å². The van der Waals surface area contributed by atoms with E-state index in [9.17, 15) is 0 Å². The molecule has 16 heavy (non-hydrogen) atoms. The van der Waals surface area contributed by atoms with Crippen molar-refractivity contribution in [2.24, 2.45) is 5.92 Å². The molecule has 1 rings (SSSR count). The zero-order chi connectivity index (χ0) is 11.8. The summed E-state index contributed by atoms with van der Waals surface area (Å²) >= 11 is 0. The van der Waals surface area contributed by atoms with Crippen LogP contribution in [0.25, 0.3) is 0 Å². The Morgan fingerprint density at radius 3 is 2.62 bits per heavy atom. The molecule has 1 aliphatic rings. The topological polar surface area (TPSA) is 21.3 Å². The van der Waals surface area contributed by atoms with Gasteiger partial charge in [0.2, 0.25) is 0 Å². The van der Waals surface area contributed by atoms with E-state index < -0.39 is 0 Å². The van der Waals surface area contributed by atoms with E-state index in [1.165, 1.54) is 38.5 Å². The number of rotatable bonds is 7. The van der Waals surface area contributed by atoms with Crippen LogP contribution in [0, 0.1) is 5.92 Å². The van der Waals surface area contributed by atoms with E-state index >= 15 is 0 Å². The molecule has 0 bridgehead atoms. The molecule has 0 aromatic rings. The van der Waals surface area contributed by atoms with Gasteiger partial charge in [0.1, 0.15) is 0 Å². The molecule has 1 saturated heterocycles. The third-order valence-corrected chi connectivity index (χ3v) is 3.41. The first-order valence-corrected chi connectivity index (χ1v) is 7.07. The molecule has 1 fully saturated rings. The third-order valence-electron chi connectivity index (χ3n) is 3.41. The molecule has 2 atom stereocenters. The number of hydrogen-bond donors (Lipinski definition) is 1. The van der Waals surface area contributed by atoms with Crippen LogP contribution in [-0.4, -0.2) is 25.3 Å². The first-order chi connectivity index (χ1) is 7.72. The number of hydrogen-bond acceptors (Lipinski definition) is 2. The Morgan fingerprint density at radius 2 is 2.06 bits per heavy atom. The number of nitrogens with one attached hydrogen (secondary N) is 1. The standard InChI is InChI=1S/C14H29NO/c1-4-15-13(9-8-12(2)3)11-14-7-5-6-10-16-14/h12-15H,4-11H2,1-3H3. The highest BCUT2D eigenvalue weighted by Crippen LogP contribution is 2.19. The van der Waals surface area contributed by atoms with Crippen molar-refractivity contribution in [2.45, 2.75) is 71.4 Å². The summed E-state index contributed by atoms with van der Waals surface area (Å²) in [6.45, 7) is 8.87. The molecule has 0 aliphatic carbocycles. The van der Waals surface area contributed by atoms with E-state index in [-0.39, 0.29) is 0 Å². The Balaban J connectivity index is 2.25. The van der Waals surface area contributed by atoms with Gasteiger partial charge in [0.25, 0.3) is 0 Å². The Hall–Kier alpha value is -0.0800. The maximum Gasteiger partial charge on any atom is 0.0590 e. The molecular formula is C14H29NO. The molecule has 2 unspecified atom stereocenters. The van der Waals surface area contributed by atoms with Gasteiger partial charge in [0.15, 0.2) is 0 Å². The summed E-state index contributed by atoms with van der Waals surface area (Å²) in [5.41, 5.74) is 0. The normalized spacial score (nSPS) is 23.6. The summed E-state index contributed by atoms with van der Waals surface area (Å²) in [6, 6.07) is 0.662. The van der Waals surface area contributed by atoms with Crippen molar-refractivity contribution < 1.29 is 4.74 Å². The largest absolute Gasteiger partial charge is 0.378 e. The second kappa shape index (κ2) is 8.08. The lowest BCUT2D eigenvalue weighted by Crippen LogP contribution is -2.35. The maximum atomic E-state index is 5.82. The van der Waals surface area contributed by atoms with E-state index in [0.29, 0.717) is 12.1 Å². The summed E-state index contributed by atoms with van der Waals surface area (Å²) in [5.74, 6) is 0.813. The Kier molecular flexibility index (Phi) is 7.06. The van der Waals surface area contributed by atoms with Crippen LogP contribution < -0.4 is 5.32 Å². The minimum atomic E-state index is 0.518. The maximum absolute atomic E-state index is 5.82. The Labute approximate surface area is 101 Å². The fourth-order valence-electron chi connectivity index (χ4n) is 2.44. The van der Waals surface area contributed by atoms with E-state index in [1.54, 1.807) is 0 Å². The van der Waals surface area contributed by atoms with Crippen molar-refractivity contribution in [1.29, 1.82) is 0 Å². The van der Waals surface area contributed by atoms with E-state index in [2.05, 4.69) is 26.1 Å². The molecular weight excluding hydrogens is 198 g/mol. The Bertz CT molecular complexity index is 164. The second-order valence-corrected chi connectivity index (χ2v) is 5.45. The SMILES string of the molecule is CCNC(CCC(C)C)CC1CCCCO1. The van der Waals surface area contributed by atoms with Crippen LogP contribution in [0.3, 0.4) is 0 Å². The van der Waals surface area contributed by atoms with Crippen LogP contribution in [0.15, 0.2) is 0 Å². The summed E-state index contributed by atoms with van der Waals surface area (Å²) in [7, 11) is 0. The minimum absolute atomic E-state index is 0.518. The number of ether oxygens (including phenoxy) is 1. The van der Waals surface area contributed by atoms with Crippen LogP contribution in [0.5, 0.6) is 0 Å². The highest BCUT2D eigenvalue weighted by Gasteiger charge is 2.18. The smallest absolute Gasteiger partial charge is 0.0590 e. The van der Waals surface area contributed by atoms with Crippen molar-refractivity contribution in [3.8, 4) is 0 Å². The average molecular weight is 227 g/mol. The quantitative estimate of drug-likeness (QED) is 0.720. The molecule has 0 radical (unpaired) electrons. The zero-order valence-corrected chi connectivity index (χ0v) is 11.3. The van der Waals surface area contributed by atoms with Gasteiger partial charge >= 0.3 is 0 Å². The molecule has 0 amide bonds. The van der Waals surface area contributed by atoms with E-state index in [0.717, 1.165) is 19.1 Å². The van der Waals surface area contributed by atoms with Crippen molar-refractivity contribution >= 4 is 0 Å². The summed E-state index contributed by atoms with van der Waals surface area (Å²) < 4.78 is 5.82. The average Bonchev–Trinajstić information content (AvgIpc) is 2.27. The van der Waals surface area contributed by atoms with Gasteiger partial charge in [-0.1, -0.05) is 20.8 Å². The second-order valence-electron chi connectivity index (χ2n) is 5.45. The monoisotopic (exact) mass is 227 g/mol. The van der Waals surface area contributed by atoms with Gasteiger partial charge in [-0.3, -0.25) is 0 Å².